The molecule has 0 bridgehead atoms. The normalized spacial score (nSPS) is 25.5. The van der Waals surface area contributed by atoms with Gasteiger partial charge in [-0.1, -0.05) is 25.9 Å². The third-order valence-corrected chi connectivity index (χ3v) is 3.43. The Balaban J connectivity index is 1.80. The molecule has 0 saturated heterocycles. The predicted molar refractivity (Wildman–Crippen MR) is 64.2 cm³/mol. The van der Waals surface area contributed by atoms with Gasteiger partial charge in [0.1, 0.15) is 0 Å². The van der Waals surface area contributed by atoms with E-state index in [2.05, 4.69) is 37.3 Å². The smallest absolute Gasteiger partial charge is 0.150 e. The fourth-order valence-corrected chi connectivity index (χ4v) is 2.32. The average Bonchev–Trinajstić information content (AvgIpc) is 2.83. The molecule has 3 heteroatoms. The summed E-state index contributed by atoms with van der Waals surface area (Å²) in [6.45, 7) is 7.41. The van der Waals surface area contributed by atoms with Gasteiger partial charge in [-0.15, -0.1) is 0 Å². The maximum atomic E-state index is 5.30. The van der Waals surface area contributed by atoms with Crippen molar-refractivity contribution in [3.63, 3.8) is 0 Å². The van der Waals surface area contributed by atoms with Crippen LogP contribution in [0.25, 0.3) is 0 Å². The van der Waals surface area contributed by atoms with E-state index in [4.69, 9.17) is 4.52 Å². The molecule has 2 atom stereocenters. The van der Waals surface area contributed by atoms with Crippen LogP contribution < -0.4 is 5.32 Å². The molecule has 1 saturated carbocycles. The molecule has 1 aliphatic carbocycles. The minimum absolute atomic E-state index is 0.448. The highest BCUT2D eigenvalue weighted by molar-refractivity contribution is 5.08. The number of rotatable bonds is 4. The molecule has 1 aliphatic rings. The van der Waals surface area contributed by atoms with E-state index in [1.807, 2.05) is 0 Å². The minimum atomic E-state index is 0.448. The summed E-state index contributed by atoms with van der Waals surface area (Å²) in [5.41, 5.74) is 1.05. The summed E-state index contributed by atoms with van der Waals surface area (Å²) < 4.78 is 5.30. The van der Waals surface area contributed by atoms with Gasteiger partial charge in [0, 0.05) is 12.1 Å². The van der Waals surface area contributed by atoms with Crippen molar-refractivity contribution in [1.29, 1.82) is 0 Å². The molecule has 1 aromatic heterocycles. The van der Waals surface area contributed by atoms with Gasteiger partial charge in [-0.3, -0.25) is 0 Å². The van der Waals surface area contributed by atoms with Crippen LogP contribution in [0.15, 0.2) is 10.6 Å². The van der Waals surface area contributed by atoms with Gasteiger partial charge >= 0.3 is 0 Å². The number of hydrogen-bond donors (Lipinski definition) is 1. The van der Waals surface area contributed by atoms with Crippen LogP contribution >= 0.6 is 0 Å². The van der Waals surface area contributed by atoms with Crippen molar-refractivity contribution in [1.82, 2.24) is 10.5 Å². The highest BCUT2D eigenvalue weighted by Crippen LogP contribution is 2.25. The van der Waals surface area contributed by atoms with Gasteiger partial charge in [0.25, 0.3) is 0 Å². The van der Waals surface area contributed by atoms with Gasteiger partial charge in [-0.05, 0) is 31.1 Å². The number of nitrogens with one attached hydrogen (secondary N) is 1. The Morgan fingerprint density at radius 1 is 1.50 bits per heavy atom. The molecular formula is C13H22N2O. The zero-order valence-electron chi connectivity index (χ0n) is 10.5. The van der Waals surface area contributed by atoms with Gasteiger partial charge in [0.15, 0.2) is 5.76 Å². The molecule has 3 nitrogen and oxygen atoms in total. The van der Waals surface area contributed by atoms with Crippen molar-refractivity contribution < 1.29 is 4.52 Å². The Labute approximate surface area is 97.6 Å². The summed E-state index contributed by atoms with van der Waals surface area (Å²) in [6.07, 6.45) is 3.95. The Hall–Kier alpha value is -0.830. The van der Waals surface area contributed by atoms with Crippen LogP contribution in [0.2, 0.25) is 0 Å². The fraction of sp³-hybridized carbons (Fsp3) is 0.769. The van der Waals surface area contributed by atoms with Gasteiger partial charge in [0.05, 0.1) is 12.2 Å². The number of hydrogen-bond acceptors (Lipinski definition) is 3. The summed E-state index contributed by atoms with van der Waals surface area (Å²) in [6, 6.07) is 2.73. The maximum Gasteiger partial charge on any atom is 0.150 e. The Morgan fingerprint density at radius 3 is 2.88 bits per heavy atom. The van der Waals surface area contributed by atoms with Gasteiger partial charge in [-0.25, -0.2) is 0 Å². The molecule has 16 heavy (non-hydrogen) atoms. The van der Waals surface area contributed by atoms with Crippen molar-refractivity contribution in [3.05, 3.63) is 17.5 Å². The Morgan fingerprint density at radius 2 is 2.31 bits per heavy atom. The van der Waals surface area contributed by atoms with Gasteiger partial charge in [0.2, 0.25) is 0 Å². The van der Waals surface area contributed by atoms with Crippen LogP contribution in [-0.4, -0.2) is 11.2 Å². The lowest BCUT2D eigenvalue weighted by atomic mass is 10.1. The first-order chi connectivity index (χ1) is 7.65. The Bertz CT molecular complexity index is 332. The Kier molecular flexibility index (Phi) is 3.64. The molecule has 0 spiro atoms. The predicted octanol–water partition coefficient (Wildman–Crippen LogP) is 3.08. The van der Waals surface area contributed by atoms with E-state index in [9.17, 15) is 0 Å². The second kappa shape index (κ2) is 5.00. The molecule has 2 unspecified atom stereocenters. The average molecular weight is 222 g/mol. The molecule has 0 aliphatic heterocycles. The molecule has 1 fully saturated rings. The summed E-state index contributed by atoms with van der Waals surface area (Å²) in [5.74, 6) is 2.28. The third-order valence-electron chi connectivity index (χ3n) is 3.43. The first kappa shape index (κ1) is 11.6. The van der Waals surface area contributed by atoms with E-state index in [0.29, 0.717) is 12.0 Å². The molecule has 1 N–H and O–H groups in total. The monoisotopic (exact) mass is 222 g/mol. The zero-order valence-corrected chi connectivity index (χ0v) is 10.5. The quantitative estimate of drug-likeness (QED) is 0.850. The van der Waals surface area contributed by atoms with Gasteiger partial charge < -0.3 is 9.84 Å². The molecule has 1 aromatic rings. The van der Waals surface area contributed by atoms with Crippen molar-refractivity contribution in [2.75, 3.05) is 0 Å². The van der Waals surface area contributed by atoms with Crippen LogP contribution in [-0.2, 0) is 6.54 Å². The van der Waals surface area contributed by atoms with Crippen LogP contribution in [0.3, 0.4) is 0 Å². The molecule has 90 valence electrons. The van der Waals surface area contributed by atoms with Crippen LogP contribution in [0, 0.1) is 5.92 Å². The highest BCUT2D eigenvalue weighted by atomic mass is 16.5. The molecule has 1 heterocycles. The topological polar surface area (TPSA) is 38.1 Å². The van der Waals surface area contributed by atoms with Crippen molar-refractivity contribution in [3.8, 4) is 0 Å². The summed E-state index contributed by atoms with van der Waals surface area (Å²) >= 11 is 0. The van der Waals surface area contributed by atoms with E-state index in [0.717, 1.165) is 23.9 Å². The van der Waals surface area contributed by atoms with Crippen LogP contribution in [0.1, 0.15) is 57.4 Å². The first-order valence-corrected chi connectivity index (χ1v) is 6.34. The summed E-state index contributed by atoms with van der Waals surface area (Å²) in [5, 5.41) is 7.61. The standard InChI is InChI=1S/C13H22N2O/c1-9(2)13-7-12(16-15-13)8-14-11-5-4-10(3)6-11/h7,9-11,14H,4-6,8H2,1-3H3. The second-order valence-corrected chi connectivity index (χ2v) is 5.37. The van der Waals surface area contributed by atoms with Crippen molar-refractivity contribution in [2.24, 2.45) is 5.92 Å². The van der Waals surface area contributed by atoms with Crippen LogP contribution in [0.4, 0.5) is 0 Å². The lowest BCUT2D eigenvalue weighted by Gasteiger charge is -2.09. The second-order valence-electron chi connectivity index (χ2n) is 5.37. The van der Waals surface area contributed by atoms with E-state index in [1.165, 1.54) is 19.3 Å². The third kappa shape index (κ3) is 2.85. The SMILES string of the molecule is CC1CCC(NCc2cc(C(C)C)no2)C1. The molecule has 0 aromatic carbocycles. The summed E-state index contributed by atoms with van der Waals surface area (Å²) in [7, 11) is 0. The fourth-order valence-electron chi connectivity index (χ4n) is 2.32. The lowest BCUT2D eigenvalue weighted by Crippen LogP contribution is -2.25. The van der Waals surface area contributed by atoms with Crippen LogP contribution in [0.5, 0.6) is 0 Å². The lowest BCUT2D eigenvalue weighted by molar-refractivity contribution is 0.355. The molecule has 2 rings (SSSR count). The maximum absolute atomic E-state index is 5.30. The minimum Gasteiger partial charge on any atom is -0.360 e. The first-order valence-electron chi connectivity index (χ1n) is 6.34. The van der Waals surface area contributed by atoms with E-state index >= 15 is 0 Å². The molecular weight excluding hydrogens is 200 g/mol. The molecule has 0 radical (unpaired) electrons. The van der Waals surface area contributed by atoms with E-state index < -0.39 is 0 Å². The zero-order chi connectivity index (χ0) is 11.5. The number of aromatic nitrogens is 1. The van der Waals surface area contributed by atoms with Crippen molar-refractivity contribution in [2.45, 2.75) is 58.5 Å². The highest BCUT2D eigenvalue weighted by Gasteiger charge is 2.21. The number of nitrogens with zero attached hydrogens (tertiary/aromatic N) is 1. The van der Waals surface area contributed by atoms with Crippen molar-refractivity contribution >= 4 is 0 Å². The molecule has 0 amide bonds. The van der Waals surface area contributed by atoms with E-state index in [-0.39, 0.29) is 0 Å². The summed E-state index contributed by atoms with van der Waals surface area (Å²) in [4.78, 5) is 0. The van der Waals surface area contributed by atoms with Gasteiger partial charge in [-0.2, -0.15) is 0 Å². The largest absolute Gasteiger partial charge is 0.360 e. The van der Waals surface area contributed by atoms with E-state index in [1.54, 1.807) is 0 Å².